The molecule has 246 valence electrons. The number of ether oxygens (including phenoxy) is 1. The van der Waals surface area contributed by atoms with E-state index in [1.165, 1.54) is 18.2 Å². The molecule has 6 N–H and O–H groups in total. The zero-order valence-corrected chi connectivity index (χ0v) is 27.2. The van der Waals surface area contributed by atoms with Crippen molar-refractivity contribution in [2.45, 2.75) is 52.1 Å². The third-order valence-electron chi connectivity index (χ3n) is 8.75. The molecule has 1 aliphatic rings. The minimum absolute atomic E-state index is 0.0219. The summed E-state index contributed by atoms with van der Waals surface area (Å²) in [6.45, 7) is 3.66. The number of benzene rings is 5. The summed E-state index contributed by atoms with van der Waals surface area (Å²) in [5.41, 5.74) is 4.80. The molecule has 0 radical (unpaired) electrons. The van der Waals surface area contributed by atoms with Crippen LogP contribution in [0, 0.1) is 6.92 Å². The van der Waals surface area contributed by atoms with E-state index in [4.69, 9.17) is 16.3 Å². The Morgan fingerprint density at radius 2 is 1.15 bits per heavy atom. The van der Waals surface area contributed by atoms with Gasteiger partial charge in [-0.3, -0.25) is 4.79 Å². The van der Waals surface area contributed by atoms with Crippen LogP contribution in [0.15, 0.2) is 72.8 Å². The average Bonchev–Trinajstić information content (AvgIpc) is 3.03. The zero-order valence-electron chi connectivity index (χ0n) is 26.4. The predicted octanol–water partition coefficient (Wildman–Crippen LogP) is 7.60. The topological polar surface area (TPSA) is 148 Å². The van der Waals surface area contributed by atoms with Gasteiger partial charge >= 0.3 is 0 Å². The summed E-state index contributed by atoms with van der Waals surface area (Å²) in [4.78, 5) is 13.3. The summed E-state index contributed by atoms with van der Waals surface area (Å²) >= 11 is 6.13. The highest BCUT2D eigenvalue weighted by Gasteiger charge is 2.34. The quantitative estimate of drug-likeness (QED) is 0.0992. The van der Waals surface area contributed by atoms with Crippen LogP contribution >= 0.6 is 11.6 Å². The van der Waals surface area contributed by atoms with E-state index < -0.39 is 11.9 Å². The second kappa shape index (κ2) is 13.0. The van der Waals surface area contributed by atoms with Gasteiger partial charge in [0, 0.05) is 48.3 Å². The monoisotopic (exact) mass is 666 g/mol. The Labute approximate surface area is 282 Å². The Hall–Kier alpha value is -5.34. The highest BCUT2D eigenvalue weighted by molar-refractivity contribution is 6.30. The molecule has 1 heterocycles. The van der Waals surface area contributed by atoms with E-state index in [-0.39, 0.29) is 76.2 Å². The molecule has 0 bridgehead atoms. The molecule has 0 saturated carbocycles. The van der Waals surface area contributed by atoms with Gasteiger partial charge in [0.1, 0.15) is 51.9 Å². The number of ketones is 1. The number of halogens is 1. The SMILES string of the molecule is Cc1ccc(O)c(Cc2ccc(O)c(Cc3c(O)c(Cc4cc(Cc5cc(Cl)ccc5O)ccc4O)c(O)c4c3OC(C)CC4=O)c2)c1. The van der Waals surface area contributed by atoms with E-state index >= 15 is 0 Å². The Morgan fingerprint density at radius 1 is 0.646 bits per heavy atom. The molecule has 5 aromatic carbocycles. The van der Waals surface area contributed by atoms with Gasteiger partial charge in [-0.2, -0.15) is 0 Å². The molecule has 0 fully saturated rings. The zero-order chi connectivity index (χ0) is 34.3. The molecule has 6 rings (SSSR count). The molecule has 48 heavy (non-hydrogen) atoms. The van der Waals surface area contributed by atoms with Gasteiger partial charge in [-0.1, -0.05) is 53.6 Å². The molecule has 0 aliphatic carbocycles. The Bertz CT molecular complexity index is 2070. The third kappa shape index (κ3) is 6.57. The highest BCUT2D eigenvalue weighted by Crippen LogP contribution is 2.48. The van der Waals surface area contributed by atoms with Crippen LogP contribution < -0.4 is 4.74 Å². The Kier molecular flexibility index (Phi) is 8.86. The second-order valence-corrected chi connectivity index (χ2v) is 12.9. The van der Waals surface area contributed by atoms with Crippen LogP contribution in [0.25, 0.3) is 0 Å². The molecule has 0 aromatic heterocycles. The number of rotatable bonds is 8. The smallest absolute Gasteiger partial charge is 0.174 e. The number of hydrogen-bond donors (Lipinski definition) is 6. The van der Waals surface area contributed by atoms with Crippen molar-refractivity contribution in [3.63, 3.8) is 0 Å². The lowest BCUT2D eigenvalue weighted by Gasteiger charge is -2.28. The lowest BCUT2D eigenvalue weighted by Crippen LogP contribution is -2.25. The van der Waals surface area contributed by atoms with Gasteiger partial charge in [0.05, 0.1) is 0 Å². The van der Waals surface area contributed by atoms with Crippen molar-refractivity contribution in [2.24, 2.45) is 0 Å². The maximum absolute atomic E-state index is 13.3. The summed E-state index contributed by atoms with van der Waals surface area (Å²) < 4.78 is 6.06. The van der Waals surface area contributed by atoms with E-state index in [1.807, 2.05) is 19.1 Å². The fourth-order valence-corrected chi connectivity index (χ4v) is 6.49. The number of phenolic OH excluding ortho intramolecular Hbond substituents is 6. The van der Waals surface area contributed by atoms with E-state index in [0.717, 1.165) is 16.7 Å². The average molecular weight is 667 g/mol. The molecule has 9 heteroatoms. The standard InChI is InChI=1S/C39H35ClO8/c1-20-3-7-31(41)24(11-20)13-22-4-9-33(43)27(16-22)19-30-37(46)29(38(47)36-35(45)12-21(2)48-39(30)36)18-26-15-23(5-8-32(26)42)14-25-17-28(40)6-10-34(25)44/h3-11,15-17,21,41-44,46-47H,12-14,18-19H2,1-2H3. The van der Waals surface area contributed by atoms with Crippen molar-refractivity contribution in [3.05, 3.63) is 133 Å². The number of phenols is 6. The molecule has 0 saturated heterocycles. The molecule has 0 amide bonds. The molecular weight excluding hydrogens is 632 g/mol. The largest absolute Gasteiger partial charge is 0.508 e. The summed E-state index contributed by atoms with van der Waals surface area (Å²) in [5.74, 6) is -0.978. The van der Waals surface area contributed by atoms with E-state index in [9.17, 15) is 35.4 Å². The van der Waals surface area contributed by atoms with Crippen molar-refractivity contribution in [1.82, 2.24) is 0 Å². The third-order valence-corrected chi connectivity index (χ3v) is 8.99. The van der Waals surface area contributed by atoms with E-state index in [2.05, 4.69) is 0 Å². The first-order valence-electron chi connectivity index (χ1n) is 15.5. The molecule has 0 spiro atoms. The van der Waals surface area contributed by atoms with Gasteiger partial charge in [0.15, 0.2) is 5.78 Å². The molecule has 1 unspecified atom stereocenters. The molecular formula is C39H35ClO8. The van der Waals surface area contributed by atoms with Crippen molar-refractivity contribution < 1.29 is 40.2 Å². The number of Topliss-reactive ketones (excluding diaryl/α,β-unsaturated/α-hetero) is 1. The number of fused-ring (bicyclic) bond motifs is 1. The lowest BCUT2D eigenvalue weighted by molar-refractivity contribution is 0.0863. The summed E-state index contributed by atoms with van der Waals surface area (Å²) in [6, 6.07) is 20.0. The van der Waals surface area contributed by atoms with Crippen molar-refractivity contribution in [1.29, 1.82) is 0 Å². The minimum Gasteiger partial charge on any atom is -0.508 e. The number of carbonyl (C=O) groups is 1. The summed E-state index contributed by atoms with van der Waals surface area (Å²) in [6.07, 6.45) is 0.0190. The van der Waals surface area contributed by atoms with E-state index in [0.29, 0.717) is 40.1 Å². The fraction of sp³-hybridized carbons (Fsp3) is 0.205. The second-order valence-electron chi connectivity index (χ2n) is 12.5. The normalized spacial score (nSPS) is 14.1. The Balaban J connectivity index is 1.40. The van der Waals surface area contributed by atoms with Crippen LogP contribution in [-0.2, 0) is 25.7 Å². The summed E-state index contributed by atoms with van der Waals surface area (Å²) in [7, 11) is 0. The summed E-state index contributed by atoms with van der Waals surface area (Å²) in [5, 5.41) is 66.1. The number of aromatic hydroxyl groups is 6. The van der Waals surface area contributed by atoms with Crippen LogP contribution in [0.5, 0.6) is 40.2 Å². The highest BCUT2D eigenvalue weighted by atomic mass is 35.5. The maximum Gasteiger partial charge on any atom is 0.174 e. The van der Waals surface area contributed by atoms with Crippen molar-refractivity contribution in [3.8, 4) is 40.2 Å². The maximum atomic E-state index is 13.3. The number of carbonyl (C=O) groups excluding carboxylic acids is 1. The Morgan fingerprint density at radius 3 is 1.75 bits per heavy atom. The molecule has 1 aliphatic heterocycles. The molecule has 1 atom stereocenters. The first-order valence-corrected chi connectivity index (χ1v) is 15.9. The molecule has 5 aromatic rings. The predicted molar refractivity (Wildman–Crippen MR) is 182 cm³/mol. The van der Waals surface area contributed by atoms with Gasteiger partial charge in [0.2, 0.25) is 0 Å². The van der Waals surface area contributed by atoms with Crippen LogP contribution in [0.3, 0.4) is 0 Å². The van der Waals surface area contributed by atoms with Gasteiger partial charge in [0.25, 0.3) is 0 Å². The van der Waals surface area contributed by atoms with Gasteiger partial charge in [-0.05, 0) is 83.6 Å². The molecule has 8 nitrogen and oxygen atoms in total. The van der Waals surface area contributed by atoms with Crippen molar-refractivity contribution in [2.75, 3.05) is 0 Å². The van der Waals surface area contributed by atoms with Crippen LogP contribution in [-0.4, -0.2) is 42.5 Å². The van der Waals surface area contributed by atoms with Gasteiger partial charge < -0.3 is 35.4 Å². The van der Waals surface area contributed by atoms with Crippen LogP contribution in [0.1, 0.15) is 73.8 Å². The lowest BCUT2D eigenvalue weighted by atomic mass is 9.87. The minimum atomic E-state index is -0.513. The van der Waals surface area contributed by atoms with E-state index in [1.54, 1.807) is 49.4 Å². The first-order chi connectivity index (χ1) is 22.9. The van der Waals surface area contributed by atoms with Crippen molar-refractivity contribution >= 4 is 17.4 Å². The number of hydrogen-bond acceptors (Lipinski definition) is 8. The van der Waals surface area contributed by atoms with Gasteiger partial charge in [-0.25, -0.2) is 0 Å². The fourth-order valence-electron chi connectivity index (χ4n) is 6.29. The van der Waals surface area contributed by atoms with Crippen LogP contribution in [0.4, 0.5) is 0 Å². The first kappa shape index (κ1) is 32.6. The van der Waals surface area contributed by atoms with Gasteiger partial charge in [-0.15, -0.1) is 0 Å². The van der Waals surface area contributed by atoms with Crippen LogP contribution in [0.2, 0.25) is 5.02 Å². The number of aryl methyl sites for hydroxylation is 1.